The Morgan fingerprint density at radius 1 is 1.28 bits per heavy atom. The molecule has 0 spiro atoms. The Bertz CT molecular complexity index is 987. The van der Waals surface area contributed by atoms with E-state index in [1.165, 1.54) is 0 Å². The lowest BCUT2D eigenvalue weighted by Crippen LogP contribution is -2.48. The zero-order valence-corrected chi connectivity index (χ0v) is 16.0. The molecule has 2 aromatic heterocycles. The molecule has 4 rings (SSSR count). The molecule has 1 N–H and O–H groups in total. The zero-order chi connectivity index (χ0) is 20.2. The predicted octanol–water partition coefficient (Wildman–Crippen LogP) is 1.58. The number of benzene rings is 1. The van der Waals surface area contributed by atoms with Crippen molar-refractivity contribution < 1.29 is 18.8 Å². The van der Waals surface area contributed by atoms with E-state index < -0.39 is 0 Å². The van der Waals surface area contributed by atoms with E-state index in [4.69, 9.17) is 14.0 Å². The van der Waals surface area contributed by atoms with E-state index in [1.54, 1.807) is 51.0 Å². The van der Waals surface area contributed by atoms with Gasteiger partial charge < -0.3 is 19.3 Å². The monoisotopic (exact) mass is 396 g/mol. The molecule has 1 saturated heterocycles. The summed E-state index contributed by atoms with van der Waals surface area (Å²) in [6, 6.07) is 5.24. The van der Waals surface area contributed by atoms with Crippen LogP contribution in [-0.4, -0.2) is 64.8 Å². The van der Waals surface area contributed by atoms with Crippen LogP contribution in [0.15, 0.2) is 41.3 Å². The van der Waals surface area contributed by atoms with Crippen molar-refractivity contribution >= 4 is 11.6 Å². The molecule has 29 heavy (non-hydrogen) atoms. The van der Waals surface area contributed by atoms with Crippen molar-refractivity contribution in [1.29, 1.82) is 0 Å². The number of likely N-dealkylation sites (tertiary alicyclic amines) is 1. The average molecular weight is 396 g/mol. The van der Waals surface area contributed by atoms with Crippen molar-refractivity contribution in [1.82, 2.24) is 25.0 Å². The predicted molar refractivity (Wildman–Crippen MR) is 103 cm³/mol. The van der Waals surface area contributed by atoms with Gasteiger partial charge in [0.05, 0.1) is 38.6 Å². The molecule has 3 heterocycles. The lowest BCUT2D eigenvalue weighted by molar-refractivity contribution is -0.118. The van der Waals surface area contributed by atoms with Crippen LogP contribution in [0.1, 0.15) is 11.8 Å². The Kier molecular flexibility index (Phi) is 5.34. The number of methoxy groups -OCH3 is 2. The fourth-order valence-corrected chi connectivity index (χ4v) is 3.07. The van der Waals surface area contributed by atoms with Crippen LogP contribution in [0.25, 0.3) is 11.5 Å². The van der Waals surface area contributed by atoms with Gasteiger partial charge in [-0.25, -0.2) is 4.98 Å². The van der Waals surface area contributed by atoms with Crippen molar-refractivity contribution in [3.8, 4) is 23.0 Å². The van der Waals surface area contributed by atoms with Crippen LogP contribution >= 0.6 is 0 Å². The van der Waals surface area contributed by atoms with Gasteiger partial charge in [0.1, 0.15) is 17.2 Å². The van der Waals surface area contributed by atoms with Crippen molar-refractivity contribution in [2.75, 3.05) is 39.2 Å². The van der Waals surface area contributed by atoms with E-state index >= 15 is 0 Å². The molecule has 0 unspecified atom stereocenters. The maximum absolute atomic E-state index is 12.4. The third kappa shape index (κ3) is 4.16. The third-order valence-corrected chi connectivity index (χ3v) is 4.59. The van der Waals surface area contributed by atoms with Crippen LogP contribution in [0.5, 0.6) is 11.5 Å². The number of rotatable bonds is 7. The smallest absolute Gasteiger partial charge is 0.238 e. The molecule has 1 aliphatic heterocycles. The Hall–Kier alpha value is -3.53. The van der Waals surface area contributed by atoms with Gasteiger partial charge in [-0.1, -0.05) is 5.16 Å². The van der Waals surface area contributed by atoms with Gasteiger partial charge >= 0.3 is 0 Å². The lowest BCUT2D eigenvalue weighted by atomic mass is 10.0. The number of nitrogens with one attached hydrogen (secondary N) is 1. The fraction of sp³-hybridized carbons (Fsp3) is 0.316. The minimum Gasteiger partial charge on any atom is -0.497 e. The number of anilines is 1. The first-order valence-electron chi connectivity index (χ1n) is 9.00. The third-order valence-electron chi connectivity index (χ3n) is 4.59. The quantitative estimate of drug-likeness (QED) is 0.635. The topological polar surface area (TPSA) is 116 Å². The number of amides is 1. The van der Waals surface area contributed by atoms with E-state index in [-0.39, 0.29) is 18.4 Å². The highest BCUT2D eigenvalue weighted by atomic mass is 16.5. The Morgan fingerprint density at radius 2 is 2.14 bits per heavy atom. The SMILES string of the molecule is COc1ccc(NC(=O)CN2CC(c3nc(-c4cnccn4)no3)C2)c(OC)c1. The van der Waals surface area contributed by atoms with Gasteiger partial charge in [-0.15, -0.1) is 0 Å². The van der Waals surface area contributed by atoms with E-state index in [9.17, 15) is 4.79 Å². The maximum atomic E-state index is 12.4. The summed E-state index contributed by atoms with van der Waals surface area (Å²) in [5.74, 6) is 2.12. The molecular formula is C19H20N6O4. The summed E-state index contributed by atoms with van der Waals surface area (Å²) in [5.41, 5.74) is 1.16. The summed E-state index contributed by atoms with van der Waals surface area (Å²) in [6.07, 6.45) is 4.74. The Morgan fingerprint density at radius 3 is 2.86 bits per heavy atom. The molecule has 0 aliphatic carbocycles. The van der Waals surface area contributed by atoms with Crippen molar-refractivity contribution in [2.24, 2.45) is 0 Å². The highest BCUT2D eigenvalue weighted by molar-refractivity contribution is 5.93. The second-order valence-electron chi connectivity index (χ2n) is 6.55. The summed E-state index contributed by atoms with van der Waals surface area (Å²) in [5, 5.41) is 6.82. The van der Waals surface area contributed by atoms with E-state index in [0.29, 0.717) is 47.7 Å². The van der Waals surface area contributed by atoms with E-state index in [1.807, 2.05) is 4.90 Å². The maximum Gasteiger partial charge on any atom is 0.238 e. The number of hydrogen-bond acceptors (Lipinski definition) is 9. The molecule has 1 aromatic carbocycles. The minimum absolute atomic E-state index is 0.0937. The number of nitrogens with zero attached hydrogens (tertiary/aromatic N) is 5. The van der Waals surface area contributed by atoms with Crippen molar-refractivity contribution in [3.05, 3.63) is 42.7 Å². The molecule has 10 heteroatoms. The number of aromatic nitrogens is 4. The molecule has 0 atom stereocenters. The molecule has 0 bridgehead atoms. The molecule has 0 radical (unpaired) electrons. The van der Waals surface area contributed by atoms with Gasteiger partial charge in [-0.05, 0) is 12.1 Å². The van der Waals surface area contributed by atoms with Crippen LogP contribution in [0.2, 0.25) is 0 Å². The number of hydrogen-bond donors (Lipinski definition) is 1. The van der Waals surface area contributed by atoms with Crippen LogP contribution in [0, 0.1) is 0 Å². The van der Waals surface area contributed by atoms with Gasteiger partial charge in [0.15, 0.2) is 0 Å². The van der Waals surface area contributed by atoms with Gasteiger partial charge in [0, 0.05) is 31.5 Å². The summed E-state index contributed by atoms with van der Waals surface area (Å²) >= 11 is 0. The fourth-order valence-electron chi connectivity index (χ4n) is 3.07. The first-order chi connectivity index (χ1) is 14.2. The molecular weight excluding hydrogens is 376 g/mol. The van der Waals surface area contributed by atoms with Crippen molar-refractivity contribution in [2.45, 2.75) is 5.92 Å². The molecule has 3 aromatic rings. The second kappa shape index (κ2) is 8.23. The normalized spacial score (nSPS) is 14.3. The zero-order valence-electron chi connectivity index (χ0n) is 16.0. The van der Waals surface area contributed by atoms with Gasteiger partial charge in [-0.3, -0.25) is 14.7 Å². The molecule has 0 saturated carbocycles. The van der Waals surface area contributed by atoms with Crippen LogP contribution in [0.3, 0.4) is 0 Å². The van der Waals surface area contributed by atoms with Crippen LogP contribution in [-0.2, 0) is 4.79 Å². The minimum atomic E-state index is -0.127. The summed E-state index contributed by atoms with van der Waals surface area (Å²) in [6.45, 7) is 1.58. The number of carbonyl (C=O) groups excluding carboxylic acids is 1. The average Bonchev–Trinajstić information content (AvgIpc) is 3.21. The van der Waals surface area contributed by atoms with Gasteiger partial charge in [0.25, 0.3) is 0 Å². The first-order valence-corrected chi connectivity index (χ1v) is 9.00. The molecule has 1 amide bonds. The number of ether oxygens (including phenoxy) is 2. The summed E-state index contributed by atoms with van der Waals surface area (Å²) in [4.78, 5) is 26.9. The molecule has 1 aliphatic rings. The van der Waals surface area contributed by atoms with Crippen LogP contribution < -0.4 is 14.8 Å². The molecule has 150 valence electrons. The van der Waals surface area contributed by atoms with Gasteiger partial charge in [0.2, 0.25) is 17.6 Å². The molecule has 10 nitrogen and oxygen atoms in total. The van der Waals surface area contributed by atoms with Crippen molar-refractivity contribution in [3.63, 3.8) is 0 Å². The lowest BCUT2D eigenvalue weighted by Gasteiger charge is -2.36. The van der Waals surface area contributed by atoms with E-state index in [0.717, 1.165) is 0 Å². The standard InChI is InChI=1S/C19H20N6O4/c1-27-13-3-4-14(16(7-13)28-2)22-17(26)11-25-9-12(10-25)19-23-18(24-29-19)15-8-20-5-6-21-15/h3-8,12H,9-11H2,1-2H3,(H,22,26). The van der Waals surface area contributed by atoms with Gasteiger partial charge in [-0.2, -0.15) is 4.98 Å². The Balaban J connectivity index is 1.30. The largest absolute Gasteiger partial charge is 0.497 e. The Labute approximate surface area is 166 Å². The van der Waals surface area contributed by atoms with E-state index in [2.05, 4.69) is 25.4 Å². The second-order valence-corrected chi connectivity index (χ2v) is 6.55. The number of carbonyl (C=O) groups is 1. The van der Waals surface area contributed by atoms with Crippen LogP contribution in [0.4, 0.5) is 5.69 Å². The molecule has 1 fully saturated rings. The summed E-state index contributed by atoms with van der Waals surface area (Å²) < 4.78 is 15.8. The highest BCUT2D eigenvalue weighted by Crippen LogP contribution is 2.30. The highest BCUT2D eigenvalue weighted by Gasteiger charge is 2.33. The summed E-state index contributed by atoms with van der Waals surface area (Å²) in [7, 11) is 3.12. The first kappa shape index (κ1) is 18.8.